The second-order valence-electron chi connectivity index (χ2n) is 3.96. The molecule has 1 aromatic rings. The average molecular weight is 345 g/mol. The van der Waals surface area contributed by atoms with Gasteiger partial charge in [0.25, 0.3) is 11.8 Å². The molecule has 0 saturated carbocycles. The van der Waals surface area contributed by atoms with E-state index < -0.39 is 11.8 Å². The number of rotatable bonds is 6. The van der Waals surface area contributed by atoms with Crippen LogP contribution in [0.3, 0.4) is 0 Å². The summed E-state index contributed by atoms with van der Waals surface area (Å²) in [7, 11) is 0. The van der Waals surface area contributed by atoms with Gasteiger partial charge in [0.05, 0.1) is 4.47 Å². The maximum atomic E-state index is 11.5. The zero-order valence-corrected chi connectivity index (χ0v) is 13.0. The van der Waals surface area contributed by atoms with Gasteiger partial charge >= 0.3 is 0 Å². The first-order valence-corrected chi connectivity index (χ1v) is 6.86. The lowest BCUT2D eigenvalue weighted by molar-refractivity contribution is -0.132. The number of amides is 2. The molecule has 0 heterocycles. The molecular weight excluding hydrogens is 328 g/mol. The lowest BCUT2D eigenvalue weighted by Crippen LogP contribution is -2.45. The molecule has 1 rings (SSSR count). The average Bonchev–Trinajstić information content (AvgIpc) is 2.41. The number of hydrazine groups is 1. The van der Waals surface area contributed by atoms with Crippen molar-refractivity contribution in [3.05, 3.63) is 28.2 Å². The summed E-state index contributed by atoms with van der Waals surface area (Å²) in [6, 6.07) is 5.53. The third-order valence-electron chi connectivity index (χ3n) is 2.22. The van der Waals surface area contributed by atoms with E-state index in [9.17, 15) is 9.59 Å². The van der Waals surface area contributed by atoms with Gasteiger partial charge in [-0.1, -0.05) is 6.07 Å². The standard InChI is InChI=1S/C13H17BrN2O4/c1-3-19-7-12(17)15-16-13(18)8-20-11-5-4-9(2)6-10(11)14/h4-6H,3,7-8H2,1-2H3,(H,15,17)(H,16,18). The van der Waals surface area contributed by atoms with Gasteiger partial charge in [-0.05, 0) is 47.5 Å². The Morgan fingerprint density at radius 2 is 1.85 bits per heavy atom. The molecule has 0 aliphatic heterocycles. The number of halogens is 1. The number of nitrogens with one attached hydrogen (secondary N) is 2. The topological polar surface area (TPSA) is 76.7 Å². The molecule has 0 fully saturated rings. The van der Waals surface area contributed by atoms with Crippen LogP contribution in [0.2, 0.25) is 0 Å². The number of benzene rings is 1. The van der Waals surface area contributed by atoms with E-state index in [1.807, 2.05) is 19.1 Å². The fourth-order valence-corrected chi connectivity index (χ4v) is 1.88. The molecule has 0 spiro atoms. The molecule has 1 aromatic carbocycles. The van der Waals surface area contributed by atoms with Crippen molar-refractivity contribution < 1.29 is 19.1 Å². The molecule has 0 radical (unpaired) electrons. The van der Waals surface area contributed by atoms with Gasteiger partial charge in [-0.15, -0.1) is 0 Å². The zero-order chi connectivity index (χ0) is 15.0. The quantitative estimate of drug-likeness (QED) is 0.763. The molecule has 110 valence electrons. The van der Waals surface area contributed by atoms with Crippen LogP contribution in [0.1, 0.15) is 12.5 Å². The van der Waals surface area contributed by atoms with Gasteiger partial charge in [-0.2, -0.15) is 0 Å². The van der Waals surface area contributed by atoms with Gasteiger partial charge in [0.15, 0.2) is 6.61 Å². The van der Waals surface area contributed by atoms with Crippen molar-refractivity contribution in [2.45, 2.75) is 13.8 Å². The van der Waals surface area contributed by atoms with Crippen LogP contribution >= 0.6 is 15.9 Å². The first-order valence-electron chi connectivity index (χ1n) is 6.07. The smallest absolute Gasteiger partial charge is 0.276 e. The number of ether oxygens (including phenoxy) is 2. The third kappa shape index (κ3) is 6.03. The largest absolute Gasteiger partial charge is 0.483 e. The van der Waals surface area contributed by atoms with Crippen molar-refractivity contribution in [2.75, 3.05) is 19.8 Å². The second-order valence-corrected chi connectivity index (χ2v) is 4.81. The Hall–Kier alpha value is -1.60. The van der Waals surface area contributed by atoms with Gasteiger partial charge in [0.2, 0.25) is 0 Å². The molecule has 6 nitrogen and oxygen atoms in total. The molecule has 7 heteroatoms. The van der Waals surface area contributed by atoms with Gasteiger partial charge in [0.1, 0.15) is 12.4 Å². The number of hydrogen-bond donors (Lipinski definition) is 2. The summed E-state index contributed by atoms with van der Waals surface area (Å²) >= 11 is 3.34. The van der Waals surface area contributed by atoms with Crippen LogP contribution in [0.5, 0.6) is 5.75 Å². The van der Waals surface area contributed by atoms with E-state index in [1.165, 1.54) is 0 Å². The number of aryl methyl sites for hydroxylation is 1. The van der Waals surface area contributed by atoms with Crippen LogP contribution < -0.4 is 15.6 Å². The van der Waals surface area contributed by atoms with Crippen LogP contribution in [0.4, 0.5) is 0 Å². The Balaban J connectivity index is 2.31. The van der Waals surface area contributed by atoms with Crippen molar-refractivity contribution in [3.8, 4) is 5.75 Å². The first kappa shape index (κ1) is 16.5. The monoisotopic (exact) mass is 344 g/mol. The first-order chi connectivity index (χ1) is 9.52. The van der Waals surface area contributed by atoms with Crippen LogP contribution in [0, 0.1) is 6.92 Å². The minimum absolute atomic E-state index is 0.0961. The summed E-state index contributed by atoms with van der Waals surface area (Å²) < 4.78 is 11.0. The molecule has 0 saturated heterocycles. The Kier molecular flexibility index (Phi) is 7.03. The van der Waals surface area contributed by atoms with Crippen LogP contribution in [0.15, 0.2) is 22.7 Å². The molecule has 0 bridgehead atoms. The van der Waals surface area contributed by atoms with Crippen molar-refractivity contribution in [2.24, 2.45) is 0 Å². The summed E-state index contributed by atoms with van der Waals surface area (Å²) in [6.45, 7) is 3.87. The second kappa shape index (κ2) is 8.55. The van der Waals surface area contributed by atoms with E-state index in [0.717, 1.165) is 10.0 Å². The molecule has 0 aromatic heterocycles. The minimum Gasteiger partial charge on any atom is -0.483 e. The summed E-state index contributed by atoms with van der Waals surface area (Å²) in [4.78, 5) is 22.6. The fraction of sp³-hybridized carbons (Fsp3) is 0.385. The molecular formula is C13H17BrN2O4. The molecule has 0 unspecified atom stereocenters. The van der Waals surface area contributed by atoms with Crippen LogP contribution in [-0.2, 0) is 14.3 Å². The third-order valence-corrected chi connectivity index (χ3v) is 2.84. The maximum Gasteiger partial charge on any atom is 0.276 e. The van der Waals surface area contributed by atoms with E-state index >= 15 is 0 Å². The number of hydrogen-bond acceptors (Lipinski definition) is 4. The molecule has 0 aliphatic carbocycles. The van der Waals surface area contributed by atoms with Gasteiger partial charge in [-0.3, -0.25) is 20.4 Å². The van der Waals surface area contributed by atoms with E-state index in [4.69, 9.17) is 9.47 Å². The highest BCUT2D eigenvalue weighted by Crippen LogP contribution is 2.25. The Bertz CT molecular complexity index is 479. The minimum atomic E-state index is -0.456. The van der Waals surface area contributed by atoms with E-state index in [0.29, 0.717) is 12.4 Å². The van der Waals surface area contributed by atoms with Crippen molar-refractivity contribution in [1.82, 2.24) is 10.9 Å². The molecule has 20 heavy (non-hydrogen) atoms. The summed E-state index contributed by atoms with van der Waals surface area (Å²) in [5.74, 6) is -0.314. The van der Waals surface area contributed by atoms with Crippen molar-refractivity contribution in [3.63, 3.8) is 0 Å². The van der Waals surface area contributed by atoms with Crippen molar-refractivity contribution >= 4 is 27.7 Å². The molecule has 0 atom stereocenters. The number of carbonyl (C=O) groups is 2. The van der Waals surface area contributed by atoms with Crippen molar-refractivity contribution in [1.29, 1.82) is 0 Å². The van der Waals surface area contributed by atoms with Crippen LogP contribution in [-0.4, -0.2) is 31.6 Å². The highest BCUT2D eigenvalue weighted by atomic mass is 79.9. The predicted molar refractivity (Wildman–Crippen MR) is 77.2 cm³/mol. The summed E-state index contributed by atoms with van der Waals surface area (Å²) in [5, 5.41) is 0. The van der Waals surface area contributed by atoms with E-state index in [1.54, 1.807) is 13.0 Å². The van der Waals surface area contributed by atoms with Gasteiger partial charge in [-0.25, -0.2) is 0 Å². The highest BCUT2D eigenvalue weighted by Gasteiger charge is 2.07. The van der Waals surface area contributed by atoms with E-state index in [2.05, 4.69) is 26.8 Å². The normalized spacial score (nSPS) is 9.95. The summed E-state index contributed by atoms with van der Waals surface area (Å²) in [6.07, 6.45) is 0. The van der Waals surface area contributed by atoms with Gasteiger partial charge in [0, 0.05) is 6.61 Å². The highest BCUT2D eigenvalue weighted by molar-refractivity contribution is 9.10. The lowest BCUT2D eigenvalue weighted by Gasteiger charge is -2.10. The molecule has 2 N–H and O–H groups in total. The lowest BCUT2D eigenvalue weighted by atomic mass is 10.2. The van der Waals surface area contributed by atoms with E-state index in [-0.39, 0.29) is 13.2 Å². The van der Waals surface area contributed by atoms with Crippen LogP contribution in [0.25, 0.3) is 0 Å². The maximum absolute atomic E-state index is 11.5. The SMILES string of the molecule is CCOCC(=O)NNC(=O)COc1ccc(C)cc1Br. The Morgan fingerprint density at radius 1 is 1.20 bits per heavy atom. The number of carbonyl (C=O) groups excluding carboxylic acids is 2. The zero-order valence-electron chi connectivity index (χ0n) is 11.4. The fourth-order valence-electron chi connectivity index (χ4n) is 1.27. The van der Waals surface area contributed by atoms with Gasteiger partial charge < -0.3 is 9.47 Å². The molecule has 0 aliphatic rings. The molecule has 2 amide bonds. The summed E-state index contributed by atoms with van der Waals surface area (Å²) in [5.41, 5.74) is 5.54. The predicted octanol–water partition coefficient (Wildman–Crippen LogP) is 1.32. The Morgan fingerprint density at radius 3 is 2.45 bits per heavy atom. The Labute approximate surface area is 125 Å².